The molecule has 41 heavy (non-hydrogen) atoms. The first-order valence-electron chi connectivity index (χ1n) is 14.6. The van der Waals surface area contributed by atoms with Crippen LogP contribution in [0.5, 0.6) is 0 Å². The molecule has 0 saturated carbocycles. The highest BCUT2D eigenvalue weighted by Gasteiger charge is 2.35. The van der Waals surface area contributed by atoms with Crippen molar-refractivity contribution in [3.8, 4) is 0 Å². The highest BCUT2D eigenvalue weighted by atomic mass is 16.2. The highest BCUT2D eigenvalue weighted by molar-refractivity contribution is 5.96. The summed E-state index contributed by atoms with van der Waals surface area (Å²) in [6.45, 7) is 11.6. The second-order valence-corrected chi connectivity index (χ2v) is 11.2. The molecule has 0 unspecified atom stereocenters. The van der Waals surface area contributed by atoms with Crippen molar-refractivity contribution in [3.05, 3.63) is 0 Å². The van der Waals surface area contributed by atoms with Crippen molar-refractivity contribution in [3.63, 3.8) is 0 Å². The van der Waals surface area contributed by atoms with Gasteiger partial charge in [0.15, 0.2) is 0 Å². The van der Waals surface area contributed by atoms with Crippen molar-refractivity contribution in [2.24, 2.45) is 35.0 Å². The Hall–Kier alpha value is -3.06. The van der Waals surface area contributed by atoms with Crippen LogP contribution in [-0.2, 0) is 28.8 Å². The maximum atomic E-state index is 13.5. The van der Waals surface area contributed by atoms with Gasteiger partial charge in [-0.15, -0.1) is 0 Å². The fourth-order valence-electron chi connectivity index (χ4n) is 4.16. The summed E-state index contributed by atoms with van der Waals surface area (Å²) in [4.78, 5) is 75.7. The Morgan fingerprint density at radius 3 is 1.71 bits per heavy atom. The van der Waals surface area contributed by atoms with Gasteiger partial charge < -0.3 is 43.3 Å². The molecule has 0 saturated heterocycles. The minimum atomic E-state index is -1.35. The SMILES string of the molecule is CC[C@H](C)[C@H](NC(=O)[C@H](CC(N)=O)NC(=O)[C@@H](N)CCCCN)C(=O)N[C@H](C(=O)N[C@H](C=O)CC(C)C)[C@@H](C)CC. The third-order valence-electron chi connectivity index (χ3n) is 7.15. The molecule has 0 spiro atoms. The molecule has 7 atom stereocenters. The number of hydrogen-bond acceptors (Lipinski definition) is 8. The van der Waals surface area contributed by atoms with Crippen LogP contribution < -0.4 is 38.5 Å². The highest BCUT2D eigenvalue weighted by Crippen LogP contribution is 2.14. The predicted molar refractivity (Wildman–Crippen MR) is 157 cm³/mol. The lowest BCUT2D eigenvalue weighted by Crippen LogP contribution is -2.61. The van der Waals surface area contributed by atoms with Crippen molar-refractivity contribution in [1.29, 1.82) is 0 Å². The standard InChI is InChI=1S/C28H53N7O6/c1-7-17(5)23(27(40)32-19(15-36)13-16(3)4)35-28(41)24(18(6)8-2)34-26(39)21(14-22(31)37)33-25(38)20(30)11-9-10-12-29/h15-21,23-24H,7-14,29-30H2,1-6H3,(H2,31,37)(H,32,40)(H,33,38)(H,34,39)(H,35,41)/t17-,18-,19-,20-,21-,23-,24-/m0/s1. The van der Waals surface area contributed by atoms with Gasteiger partial charge in [-0.25, -0.2) is 0 Å². The number of nitrogens with one attached hydrogen (secondary N) is 4. The molecule has 0 rings (SSSR count). The van der Waals surface area contributed by atoms with Crippen molar-refractivity contribution in [2.75, 3.05) is 6.54 Å². The number of primary amides is 1. The van der Waals surface area contributed by atoms with E-state index in [0.717, 1.165) is 0 Å². The maximum absolute atomic E-state index is 13.5. The minimum Gasteiger partial charge on any atom is -0.370 e. The van der Waals surface area contributed by atoms with Gasteiger partial charge in [-0.2, -0.15) is 0 Å². The fourth-order valence-corrected chi connectivity index (χ4v) is 4.16. The van der Waals surface area contributed by atoms with E-state index in [4.69, 9.17) is 17.2 Å². The second kappa shape index (κ2) is 19.9. The van der Waals surface area contributed by atoms with Gasteiger partial charge in [0, 0.05) is 0 Å². The molecular weight excluding hydrogens is 530 g/mol. The Morgan fingerprint density at radius 1 is 0.756 bits per heavy atom. The molecule has 0 radical (unpaired) electrons. The van der Waals surface area contributed by atoms with Crippen molar-refractivity contribution in [2.45, 2.75) is 117 Å². The van der Waals surface area contributed by atoms with E-state index < -0.39 is 66.2 Å². The van der Waals surface area contributed by atoms with Crippen LogP contribution in [0.15, 0.2) is 0 Å². The first kappa shape index (κ1) is 37.9. The summed E-state index contributed by atoms with van der Waals surface area (Å²) >= 11 is 0. The normalized spacial score (nSPS) is 16.3. The van der Waals surface area contributed by atoms with Gasteiger partial charge in [0.25, 0.3) is 0 Å². The van der Waals surface area contributed by atoms with Crippen LogP contribution in [0.25, 0.3) is 0 Å². The Balaban J connectivity index is 5.82. The number of hydrogen-bond donors (Lipinski definition) is 7. The van der Waals surface area contributed by atoms with E-state index in [1.807, 2.05) is 27.7 Å². The number of nitrogens with two attached hydrogens (primary N) is 3. The molecule has 0 aliphatic rings. The maximum Gasteiger partial charge on any atom is 0.243 e. The van der Waals surface area contributed by atoms with E-state index in [1.165, 1.54) is 0 Å². The average Bonchev–Trinajstić information content (AvgIpc) is 2.91. The van der Waals surface area contributed by atoms with Gasteiger partial charge in [0.2, 0.25) is 29.5 Å². The van der Waals surface area contributed by atoms with E-state index in [0.29, 0.717) is 51.4 Å². The summed E-state index contributed by atoms with van der Waals surface area (Å²) in [5, 5.41) is 10.6. The zero-order valence-corrected chi connectivity index (χ0v) is 25.5. The Kier molecular flexibility index (Phi) is 18.4. The summed E-state index contributed by atoms with van der Waals surface area (Å²) in [5.41, 5.74) is 16.7. The van der Waals surface area contributed by atoms with Crippen LogP contribution in [0.3, 0.4) is 0 Å². The number of aldehydes is 1. The molecule has 13 heteroatoms. The Bertz CT molecular complexity index is 869. The van der Waals surface area contributed by atoms with Crippen LogP contribution in [0.2, 0.25) is 0 Å². The summed E-state index contributed by atoms with van der Waals surface area (Å²) in [5.74, 6) is -3.83. The first-order valence-corrected chi connectivity index (χ1v) is 14.6. The van der Waals surface area contributed by atoms with Crippen molar-refractivity contribution in [1.82, 2.24) is 21.3 Å². The topological polar surface area (TPSA) is 229 Å². The molecule has 236 valence electrons. The smallest absolute Gasteiger partial charge is 0.243 e. The lowest BCUT2D eigenvalue weighted by Gasteiger charge is -2.30. The minimum absolute atomic E-state index is 0.168. The monoisotopic (exact) mass is 583 g/mol. The molecule has 0 fully saturated rings. The zero-order chi connectivity index (χ0) is 31.7. The van der Waals surface area contributed by atoms with Crippen LogP contribution >= 0.6 is 0 Å². The van der Waals surface area contributed by atoms with Crippen molar-refractivity contribution < 1.29 is 28.8 Å². The Morgan fingerprint density at radius 2 is 1.27 bits per heavy atom. The summed E-state index contributed by atoms with van der Waals surface area (Å²) < 4.78 is 0. The van der Waals surface area contributed by atoms with E-state index in [-0.39, 0.29) is 17.8 Å². The number of carbonyl (C=O) groups is 6. The van der Waals surface area contributed by atoms with Gasteiger partial charge in [0.1, 0.15) is 24.4 Å². The number of rotatable bonds is 21. The fraction of sp³-hybridized carbons (Fsp3) is 0.786. The van der Waals surface area contributed by atoms with Crippen LogP contribution in [0.4, 0.5) is 0 Å². The average molecular weight is 584 g/mol. The van der Waals surface area contributed by atoms with Gasteiger partial charge in [0.05, 0.1) is 18.5 Å². The van der Waals surface area contributed by atoms with Gasteiger partial charge >= 0.3 is 0 Å². The molecular formula is C28H53N7O6. The zero-order valence-electron chi connectivity index (χ0n) is 25.5. The van der Waals surface area contributed by atoms with E-state index in [2.05, 4.69) is 21.3 Å². The van der Waals surface area contributed by atoms with E-state index in [9.17, 15) is 28.8 Å². The van der Waals surface area contributed by atoms with Gasteiger partial charge in [-0.1, -0.05) is 60.8 Å². The number of carbonyl (C=O) groups excluding carboxylic acids is 6. The largest absolute Gasteiger partial charge is 0.370 e. The quantitative estimate of drug-likeness (QED) is 0.0692. The molecule has 13 nitrogen and oxygen atoms in total. The third kappa shape index (κ3) is 14.4. The number of unbranched alkanes of at least 4 members (excludes halogenated alkanes) is 1. The van der Waals surface area contributed by atoms with Crippen LogP contribution in [0.1, 0.15) is 86.5 Å². The molecule has 0 aliphatic carbocycles. The van der Waals surface area contributed by atoms with Crippen LogP contribution in [-0.4, -0.2) is 72.6 Å². The molecule has 0 aromatic rings. The summed E-state index contributed by atoms with van der Waals surface area (Å²) in [6.07, 6.45) is 3.32. The van der Waals surface area contributed by atoms with Crippen molar-refractivity contribution >= 4 is 35.8 Å². The third-order valence-corrected chi connectivity index (χ3v) is 7.15. The van der Waals surface area contributed by atoms with Gasteiger partial charge in [-0.05, 0) is 43.6 Å². The molecule has 0 bridgehead atoms. The molecule has 5 amide bonds. The lowest BCUT2D eigenvalue weighted by molar-refractivity contribution is -0.136. The van der Waals surface area contributed by atoms with Crippen LogP contribution in [0, 0.1) is 17.8 Å². The van der Waals surface area contributed by atoms with Gasteiger partial charge in [-0.3, -0.25) is 24.0 Å². The Labute approximate surface area is 244 Å². The number of amides is 5. The summed E-state index contributed by atoms with van der Waals surface area (Å²) in [7, 11) is 0. The van der Waals surface area contributed by atoms with E-state index >= 15 is 0 Å². The molecule has 0 aromatic heterocycles. The molecule has 0 heterocycles. The predicted octanol–water partition coefficient (Wildman–Crippen LogP) is -0.405. The summed E-state index contributed by atoms with van der Waals surface area (Å²) in [6, 6.07) is -5.01. The molecule has 0 aliphatic heterocycles. The lowest BCUT2D eigenvalue weighted by atomic mass is 9.94. The second-order valence-electron chi connectivity index (χ2n) is 11.2. The first-order chi connectivity index (χ1) is 19.2. The molecule has 10 N–H and O–H groups in total. The molecule has 0 aromatic carbocycles. The van der Waals surface area contributed by atoms with E-state index in [1.54, 1.807) is 13.8 Å².